The van der Waals surface area contributed by atoms with Crippen molar-refractivity contribution < 1.29 is 32.5 Å². The summed E-state index contributed by atoms with van der Waals surface area (Å²) in [5, 5.41) is 12.5. The number of hydrogen-bond donors (Lipinski definition) is 2. The standard InChI is InChI=1S/C35H35N3O7S/c1-43-29-9-11-30(12-10-29)46(41,42)38(15-17-39)16-18-44-34-22-26(21-33(45-34)35(40)37-28-6-4-14-36-23-28)24-8-13-32-27(19-24)20-25-5-2-3-7-31(25)32/h2-14,19,21,23,26,34,39H,15-18,20,22H2,1H3,(H,37,40)/t26-,34+/m0/s1. The Morgan fingerprint density at radius 1 is 1.02 bits per heavy atom. The molecule has 2 atom stereocenters. The second kappa shape index (κ2) is 13.8. The summed E-state index contributed by atoms with van der Waals surface area (Å²) in [7, 11) is -2.41. The van der Waals surface area contributed by atoms with Crippen LogP contribution in [0.15, 0.2) is 108 Å². The second-order valence-electron chi connectivity index (χ2n) is 11.0. The Labute approximate surface area is 268 Å². The molecule has 0 fully saturated rings. The van der Waals surface area contributed by atoms with E-state index in [0.29, 0.717) is 17.9 Å². The van der Waals surface area contributed by atoms with Gasteiger partial charge in [-0.3, -0.25) is 9.78 Å². The molecule has 2 heterocycles. The first-order chi connectivity index (χ1) is 22.4. The van der Waals surface area contributed by atoms with Gasteiger partial charge in [0, 0.05) is 31.6 Å². The van der Waals surface area contributed by atoms with E-state index < -0.39 is 22.2 Å². The van der Waals surface area contributed by atoms with Crippen molar-refractivity contribution in [1.29, 1.82) is 0 Å². The van der Waals surface area contributed by atoms with Crippen molar-refractivity contribution in [2.75, 3.05) is 38.7 Å². The Morgan fingerprint density at radius 2 is 1.83 bits per heavy atom. The zero-order valence-electron chi connectivity index (χ0n) is 25.3. The number of hydrogen-bond acceptors (Lipinski definition) is 8. The third kappa shape index (κ3) is 6.82. The molecule has 0 unspecified atom stereocenters. The molecule has 1 aliphatic carbocycles. The monoisotopic (exact) mass is 641 g/mol. The molecule has 4 aromatic rings. The molecule has 238 valence electrons. The normalized spacial score (nSPS) is 17.1. The number of sulfonamides is 1. The van der Waals surface area contributed by atoms with Crippen LogP contribution < -0.4 is 10.1 Å². The molecule has 0 bridgehead atoms. The number of pyridine rings is 1. The number of aliphatic hydroxyl groups excluding tert-OH is 1. The van der Waals surface area contributed by atoms with E-state index in [2.05, 4.69) is 40.6 Å². The van der Waals surface area contributed by atoms with E-state index in [9.17, 15) is 18.3 Å². The van der Waals surface area contributed by atoms with Crippen molar-refractivity contribution in [3.8, 4) is 16.9 Å². The van der Waals surface area contributed by atoms with Crippen LogP contribution in [0.4, 0.5) is 5.69 Å². The van der Waals surface area contributed by atoms with Crippen molar-refractivity contribution in [3.63, 3.8) is 0 Å². The lowest BCUT2D eigenvalue weighted by molar-refractivity contribution is -0.143. The molecule has 1 amide bonds. The average molecular weight is 642 g/mol. The van der Waals surface area contributed by atoms with E-state index in [1.807, 2.05) is 18.2 Å². The van der Waals surface area contributed by atoms with Crippen LogP contribution in [0.3, 0.4) is 0 Å². The number of carbonyl (C=O) groups excluding carboxylic acids is 1. The van der Waals surface area contributed by atoms with Crippen molar-refractivity contribution in [1.82, 2.24) is 9.29 Å². The van der Waals surface area contributed by atoms with Gasteiger partial charge in [-0.15, -0.1) is 0 Å². The second-order valence-corrected chi connectivity index (χ2v) is 13.0. The van der Waals surface area contributed by atoms with Gasteiger partial charge in [-0.2, -0.15) is 4.31 Å². The maximum atomic E-state index is 13.4. The highest BCUT2D eigenvalue weighted by Crippen LogP contribution is 2.40. The molecule has 46 heavy (non-hydrogen) atoms. The first-order valence-corrected chi connectivity index (χ1v) is 16.5. The summed E-state index contributed by atoms with van der Waals surface area (Å²) in [4.78, 5) is 17.4. The van der Waals surface area contributed by atoms with Gasteiger partial charge in [0.2, 0.25) is 16.3 Å². The number of aromatic nitrogens is 1. The van der Waals surface area contributed by atoms with Crippen molar-refractivity contribution in [2.45, 2.75) is 29.9 Å². The highest BCUT2D eigenvalue weighted by molar-refractivity contribution is 7.89. The molecular formula is C35H35N3O7S. The third-order valence-corrected chi connectivity index (χ3v) is 10.1. The number of fused-ring (bicyclic) bond motifs is 3. The number of amides is 1. The highest BCUT2D eigenvalue weighted by Gasteiger charge is 2.31. The summed E-state index contributed by atoms with van der Waals surface area (Å²) in [6, 6.07) is 24.3. The van der Waals surface area contributed by atoms with E-state index >= 15 is 0 Å². The largest absolute Gasteiger partial charge is 0.497 e. The molecule has 3 aromatic carbocycles. The van der Waals surface area contributed by atoms with Crippen LogP contribution in [0.2, 0.25) is 0 Å². The van der Waals surface area contributed by atoms with Gasteiger partial charge >= 0.3 is 0 Å². The molecule has 0 saturated carbocycles. The Balaban J connectivity index is 1.19. The summed E-state index contributed by atoms with van der Waals surface area (Å²) in [6.07, 6.45) is 5.40. The predicted octanol–water partition coefficient (Wildman–Crippen LogP) is 4.71. The van der Waals surface area contributed by atoms with Crippen molar-refractivity contribution in [3.05, 3.63) is 120 Å². The van der Waals surface area contributed by atoms with E-state index in [0.717, 1.165) is 12.0 Å². The molecule has 1 aliphatic heterocycles. The number of benzene rings is 3. The van der Waals surface area contributed by atoms with Crippen LogP contribution in [0.25, 0.3) is 11.1 Å². The van der Waals surface area contributed by atoms with E-state index in [1.54, 1.807) is 36.7 Å². The number of carbonyl (C=O) groups is 1. The Hall–Kier alpha value is -4.55. The summed E-state index contributed by atoms with van der Waals surface area (Å²) in [6.45, 7) is -0.524. The van der Waals surface area contributed by atoms with Crippen molar-refractivity contribution in [2.24, 2.45) is 0 Å². The van der Waals surface area contributed by atoms with Crippen LogP contribution in [0.1, 0.15) is 29.0 Å². The molecule has 11 heteroatoms. The minimum atomic E-state index is -3.92. The highest BCUT2D eigenvalue weighted by atomic mass is 32.2. The predicted molar refractivity (Wildman–Crippen MR) is 173 cm³/mol. The van der Waals surface area contributed by atoms with E-state index in [4.69, 9.17) is 14.2 Å². The van der Waals surface area contributed by atoms with Crippen LogP contribution in [-0.2, 0) is 30.7 Å². The first-order valence-electron chi connectivity index (χ1n) is 15.0. The SMILES string of the molecule is COc1ccc(S(=O)(=O)N(CCO)CCO[C@H]2C[C@@H](c3ccc4c(c3)Cc3ccccc3-4)C=C(C(=O)Nc3cccnc3)O2)cc1. The fraction of sp³-hybridized carbons (Fsp3) is 0.257. The van der Waals surface area contributed by atoms with Crippen LogP contribution in [0, 0.1) is 0 Å². The molecule has 0 saturated heterocycles. The van der Waals surface area contributed by atoms with Gasteiger partial charge in [0.1, 0.15) is 5.75 Å². The number of ether oxygens (including phenoxy) is 3. The first kappa shape index (κ1) is 31.4. The number of anilines is 1. The average Bonchev–Trinajstić information content (AvgIpc) is 3.46. The van der Waals surface area contributed by atoms with Crippen LogP contribution in [0.5, 0.6) is 5.75 Å². The van der Waals surface area contributed by atoms with E-state index in [-0.39, 0.29) is 42.9 Å². The van der Waals surface area contributed by atoms with Gasteiger partial charge in [-0.05, 0) is 76.7 Å². The fourth-order valence-electron chi connectivity index (χ4n) is 5.82. The topological polar surface area (TPSA) is 127 Å². The van der Waals surface area contributed by atoms with Gasteiger partial charge in [0.25, 0.3) is 5.91 Å². The number of methoxy groups -OCH3 is 1. The Bertz CT molecular complexity index is 1830. The lowest BCUT2D eigenvalue weighted by atomic mass is 9.90. The molecule has 0 radical (unpaired) electrons. The quantitative estimate of drug-likeness (QED) is 0.201. The van der Waals surface area contributed by atoms with Crippen LogP contribution in [-0.4, -0.2) is 68.4 Å². The fourth-order valence-corrected chi connectivity index (χ4v) is 7.24. The third-order valence-electron chi connectivity index (χ3n) is 8.14. The van der Waals surface area contributed by atoms with Gasteiger partial charge in [0.05, 0.1) is 37.1 Å². The van der Waals surface area contributed by atoms with Crippen LogP contribution >= 0.6 is 0 Å². The summed E-state index contributed by atoms with van der Waals surface area (Å²) in [5.41, 5.74) is 6.50. The molecular weight excluding hydrogens is 606 g/mol. The molecule has 1 aromatic heterocycles. The molecule has 10 nitrogen and oxygen atoms in total. The smallest absolute Gasteiger partial charge is 0.290 e. The number of nitrogens with zero attached hydrogens (tertiary/aromatic N) is 2. The Kier molecular flexibility index (Phi) is 9.46. The van der Waals surface area contributed by atoms with Gasteiger partial charge in [-0.25, -0.2) is 8.42 Å². The summed E-state index contributed by atoms with van der Waals surface area (Å²) >= 11 is 0. The number of rotatable bonds is 12. The lowest BCUT2D eigenvalue weighted by Gasteiger charge is -2.30. The zero-order valence-corrected chi connectivity index (χ0v) is 26.2. The zero-order chi connectivity index (χ0) is 32.1. The van der Waals surface area contributed by atoms with E-state index in [1.165, 1.54) is 45.8 Å². The van der Waals surface area contributed by atoms with Gasteiger partial charge < -0.3 is 24.6 Å². The maximum absolute atomic E-state index is 13.4. The molecule has 2 N–H and O–H groups in total. The lowest BCUT2D eigenvalue weighted by Crippen LogP contribution is -2.37. The molecule has 2 aliphatic rings. The van der Waals surface area contributed by atoms with Crippen molar-refractivity contribution >= 4 is 21.6 Å². The minimum absolute atomic E-state index is 0.0240. The molecule has 6 rings (SSSR count). The minimum Gasteiger partial charge on any atom is -0.497 e. The van der Waals surface area contributed by atoms with Gasteiger partial charge in [0.15, 0.2) is 5.76 Å². The summed E-state index contributed by atoms with van der Waals surface area (Å²) in [5.74, 6) is -0.000811. The number of nitrogens with one attached hydrogen (secondary N) is 1. The molecule has 0 spiro atoms. The van der Waals surface area contributed by atoms with Gasteiger partial charge in [-0.1, -0.05) is 42.5 Å². The Morgan fingerprint density at radius 3 is 2.59 bits per heavy atom. The number of allylic oxidation sites excluding steroid dienone is 1. The number of aliphatic hydroxyl groups is 1. The maximum Gasteiger partial charge on any atom is 0.290 e. The summed E-state index contributed by atoms with van der Waals surface area (Å²) < 4.78 is 45.1.